The van der Waals surface area contributed by atoms with Crippen molar-refractivity contribution in [3.63, 3.8) is 0 Å². The number of hydrogen-bond donors (Lipinski definition) is 1. The maximum Gasteiger partial charge on any atom is 0.313 e. The van der Waals surface area contributed by atoms with E-state index >= 15 is 0 Å². The van der Waals surface area contributed by atoms with Crippen LogP contribution in [0.2, 0.25) is 5.02 Å². The van der Waals surface area contributed by atoms with Crippen LogP contribution in [0.25, 0.3) is 5.69 Å². The summed E-state index contributed by atoms with van der Waals surface area (Å²) in [6.07, 6.45) is 1.48. The van der Waals surface area contributed by atoms with Crippen molar-refractivity contribution in [2.24, 2.45) is 0 Å². The van der Waals surface area contributed by atoms with E-state index in [0.29, 0.717) is 21.6 Å². The van der Waals surface area contributed by atoms with E-state index in [1.54, 1.807) is 29.9 Å². The number of halogens is 1. The molecule has 0 saturated carbocycles. The van der Waals surface area contributed by atoms with Crippen LogP contribution in [-0.4, -0.2) is 38.7 Å². The summed E-state index contributed by atoms with van der Waals surface area (Å²) >= 11 is 7.19. The van der Waals surface area contributed by atoms with E-state index in [1.165, 1.54) is 6.33 Å². The lowest BCUT2D eigenvalue weighted by atomic mass is 10.3. The maximum atomic E-state index is 10.6. The minimum absolute atomic E-state index is 0.0969. The number of benzene rings is 1. The molecule has 2 aromatic rings. The number of carboxylic acid groups (broad SMARTS) is 1. The van der Waals surface area contributed by atoms with Crippen molar-refractivity contribution in [1.82, 2.24) is 14.8 Å². The van der Waals surface area contributed by atoms with Crippen LogP contribution in [0.4, 0.5) is 0 Å². The standard InChI is InChI=1S/C11H10ClN3O3S/c1-18-7-2-3-8(12)9(4-7)15-6-13-14-11(15)19-5-10(16)17/h2-4,6H,5H2,1H3,(H,16,17). The van der Waals surface area contributed by atoms with E-state index < -0.39 is 5.97 Å². The van der Waals surface area contributed by atoms with Crippen molar-refractivity contribution in [3.8, 4) is 11.4 Å². The second-order valence-electron chi connectivity index (χ2n) is 3.48. The molecule has 8 heteroatoms. The first-order chi connectivity index (χ1) is 9.11. The molecule has 19 heavy (non-hydrogen) atoms. The third-order valence-electron chi connectivity index (χ3n) is 2.25. The Hall–Kier alpha value is -1.73. The lowest BCUT2D eigenvalue weighted by Gasteiger charge is -2.09. The highest BCUT2D eigenvalue weighted by molar-refractivity contribution is 7.99. The molecule has 0 radical (unpaired) electrons. The molecule has 0 saturated heterocycles. The smallest absolute Gasteiger partial charge is 0.313 e. The van der Waals surface area contributed by atoms with Gasteiger partial charge in [0.05, 0.1) is 23.6 Å². The Kier molecular flexibility index (Phi) is 4.28. The molecule has 0 bridgehead atoms. The van der Waals surface area contributed by atoms with Gasteiger partial charge in [-0.1, -0.05) is 23.4 Å². The summed E-state index contributed by atoms with van der Waals surface area (Å²) in [6.45, 7) is 0. The van der Waals surface area contributed by atoms with Crippen LogP contribution in [0.15, 0.2) is 29.7 Å². The van der Waals surface area contributed by atoms with Crippen LogP contribution in [0.5, 0.6) is 5.75 Å². The van der Waals surface area contributed by atoms with E-state index in [9.17, 15) is 4.79 Å². The summed E-state index contributed by atoms with van der Waals surface area (Å²) in [4.78, 5) is 10.6. The number of hydrogen-bond acceptors (Lipinski definition) is 5. The minimum atomic E-state index is -0.920. The molecule has 0 amide bonds. The summed E-state index contributed by atoms with van der Waals surface area (Å²) in [6, 6.07) is 5.16. The van der Waals surface area contributed by atoms with Crippen LogP contribution < -0.4 is 4.74 Å². The minimum Gasteiger partial charge on any atom is -0.497 e. The molecule has 0 unspecified atom stereocenters. The van der Waals surface area contributed by atoms with Gasteiger partial charge in [0.2, 0.25) is 0 Å². The molecule has 0 aliphatic carbocycles. The van der Waals surface area contributed by atoms with Gasteiger partial charge in [0.15, 0.2) is 5.16 Å². The van der Waals surface area contributed by atoms with Crippen molar-refractivity contribution in [1.29, 1.82) is 0 Å². The number of aromatic nitrogens is 3. The second kappa shape index (κ2) is 5.94. The highest BCUT2D eigenvalue weighted by Crippen LogP contribution is 2.28. The van der Waals surface area contributed by atoms with Crippen molar-refractivity contribution in [2.45, 2.75) is 5.16 Å². The zero-order valence-electron chi connectivity index (χ0n) is 9.91. The van der Waals surface area contributed by atoms with Crippen molar-refractivity contribution in [3.05, 3.63) is 29.5 Å². The van der Waals surface area contributed by atoms with E-state index in [0.717, 1.165) is 11.8 Å². The first-order valence-corrected chi connectivity index (χ1v) is 6.56. The topological polar surface area (TPSA) is 77.2 Å². The Labute approximate surface area is 118 Å². The molecular weight excluding hydrogens is 290 g/mol. The lowest BCUT2D eigenvalue weighted by molar-refractivity contribution is -0.133. The fourth-order valence-corrected chi connectivity index (χ4v) is 2.27. The number of ether oxygens (including phenoxy) is 1. The summed E-state index contributed by atoms with van der Waals surface area (Å²) in [5, 5.41) is 17.3. The van der Waals surface area contributed by atoms with Gasteiger partial charge < -0.3 is 9.84 Å². The first kappa shape index (κ1) is 13.7. The van der Waals surface area contributed by atoms with Gasteiger partial charge >= 0.3 is 5.97 Å². The molecule has 1 N–H and O–H groups in total. The molecule has 1 heterocycles. The third kappa shape index (κ3) is 3.18. The average Bonchev–Trinajstić information content (AvgIpc) is 2.85. The molecule has 0 spiro atoms. The molecule has 0 fully saturated rings. The van der Waals surface area contributed by atoms with Gasteiger partial charge in [0, 0.05) is 6.07 Å². The number of nitrogens with zero attached hydrogens (tertiary/aromatic N) is 3. The normalized spacial score (nSPS) is 10.4. The quantitative estimate of drug-likeness (QED) is 0.852. The van der Waals surface area contributed by atoms with Gasteiger partial charge in [-0.15, -0.1) is 10.2 Å². The molecule has 1 aromatic heterocycles. The maximum absolute atomic E-state index is 10.6. The van der Waals surface area contributed by atoms with E-state index in [1.807, 2.05) is 0 Å². The van der Waals surface area contributed by atoms with Crippen molar-refractivity contribution >= 4 is 29.3 Å². The van der Waals surface area contributed by atoms with Gasteiger partial charge in [-0.3, -0.25) is 9.36 Å². The molecule has 1 aromatic carbocycles. The summed E-state index contributed by atoms with van der Waals surface area (Å²) in [7, 11) is 1.55. The summed E-state index contributed by atoms with van der Waals surface area (Å²) in [5.74, 6) is -0.376. The second-order valence-corrected chi connectivity index (χ2v) is 4.83. The van der Waals surface area contributed by atoms with Crippen LogP contribution >= 0.6 is 23.4 Å². The average molecular weight is 300 g/mol. The largest absolute Gasteiger partial charge is 0.497 e. The highest BCUT2D eigenvalue weighted by Gasteiger charge is 2.12. The molecule has 100 valence electrons. The molecule has 6 nitrogen and oxygen atoms in total. The van der Waals surface area contributed by atoms with Crippen molar-refractivity contribution in [2.75, 3.05) is 12.9 Å². The van der Waals surface area contributed by atoms with Gasteiger partial charge in [-0.2, -0.15) is 0 Å². The van der Waals surface area contributed by atoms with Crippen LogP contribution in [0.1, 0.15) is 0 Å². The Balaban J connectivity index is 2.36. The first-order valence-electron chi connectivity index (χ1n) is 5.20. The van der Waals surface area contributed by atoms with Gasteiger partial charge in [0.1, 0.15) is 12.1 Å². The summed E-state index contributed by atoms with van der Waals surface area (Å²) < 4.78 is 6.76. The van der Waals surface area contributed by atoms with E-state index in [2.05, 4.69) is 10.2 Å². The van der Waals surface area contributed by atoms with E-state index in [4.69, 9.17) is 21.4 Å². The van der Waals surface area contributed by atoms with Gasteiger partial charge in [0.25, 0.3) is 0 Å². The highest BCUT2D eigenvalue weighted by atomic mass is 35.5. The number of aliphatic carboxylic acids is 1. The van der Waals surface area contributed by atoms with Crippen LogP contribution in [-0.2, 0) is 4.79 Å². The molecular formula is C11H10ClN3O3S. The SMILES string of the molecule is COc1ccc(Cl)c(-n2cnnc2SCC(=O)O)c1. The predicted molar refractivity (Wildman–Crippen MR) is 71.3 cm³/mol. The number of rotatable bonds is 5. The Morgan fingerprint density at radius 1 is 1.58 bits per heavy atom. The van der Waals surface area contributed by atoms with Gasteiger partial charge in [-0.25, -0.2) is 0 Å². The van der Waals surface area contributed by atoms with E-state index in [-0.39, 0.29) is 5.75 Å². The third-order valence-corrected chi connectivity index (χ3v) is 3.50. The zero-order valence-corrected chi connectivity index (χ0v) is 11.5. The van der Waals surface area contributed by atoms with Crippen molar-refractivity contribution < 1.29 is 14.6 Å². The van der Waals surface area contributed by atoms with Crippen LogP contribution in [0.3, 0.4) is 0 Å². The molecule has 2 rings (SSSR count). The number of methoxy groups -OCH3 is 1. The molecule has 0 aliphatic heterocycles. The number of carbonyl (C=O) groups is 1. The predicted octanol–water partition coefficient (Wildman–Crippen LogP) is 2.11. The fraction of sp³-hybridized carbons (Fsp3) is 0.182. The fourth-order valence-electron chi connectivity index (χ4n) is 1.42. The molecule has 0 atom stereocenters. The summed E-state index contributed by atoms with van der Waals surface area (Å²) in [5.41, 5.74) is 0.638. The Bertz CT molecular complexity index is 603. The zero-order chi connectivity index (χ0) is 13.8. The monoisotopic (exact) mass is 299 g/mol. The molecule has 0 aliphatic rings. The Morgan fingerprint density at radius 2 is 2.37 bits per heavy atom. The number of carboxylic acids is 1. The van der Waals surface area contributed by atoms with Gasteiger partial charge in [-0.05, 0) is 12.1 Å². The van der Waals surface area contributed by atoms with Crippen LogP contribution in [0, 0.1) is 0 Å². The number of thioether (sulfide) groups is 1. The lowest BCUT2D eigenvalue weighted by Crippen LogP contribution is -2.02. The Morgan fingerprint density at radius 3 is 3.05 bits per heavy atom.